The standard InChI is InChI=1S/C25H21NO5S/c1-3-30-24(28)18-10-8-17(9-11-18)21-13-12-20(31-21)14-22-23(27)26(25(29)32-22)15-19-7-5-4-6-16(19)2/h4-14H,3,15H2,1-2H3/b22-14-. The summed E-state index contributed by atoms with van der Waals surface area (Å²) in [5.41, 5.74) is 3.21. The molecule has 0 unspecified atom stereocenters. The van der Waals surface area contributed by atoms with Gasteiger partial charge < -0.3 is 9.15 Å². The summed E-state index contributed by atoms with van der Waals surface area (Å²) >= 11 is 0.904. The molecule has 3 aromatic rings. The Kier molecular flexibility index (Phi) is 6.28. The highest BCUT2D eigenvalue weighted by Crippen LogP contribution is 2.34. The van der Waals surface area contributed by atoms with Crippen LogP contribution in [0.2, 0.25) is 0 Å². The smallest absolute Gasteiger partial charge is 0.338 e. The molecule has 1 fully saturated rings. The van der Waals surface area contributed by atoms with Gasteiger partial charge in [0.25, 0.3) is 11.1 Å². The number of thioether (sulfide) groups is 1. The van der Waals surface area contributed by atoms with Gasteiger partial charge in [-0.05, 0) is 61.0 Å². The number of esters is 1. The number of rotatable bonds is 6. The zero-order valence-electron chi connectivity index (χ0n) is 17.7. The lowest BCUT2D eigenvalue weighted by molar-refractivity contribution is -0.123. The number of ether oxygens (including phenoxy) is 1. The van der Waals surface area contributed by atoms with E-state index in [4.69, 9.17) is 9.15 Å². The van der Waals surface area contributed by atoms with E-state index in [2.05, 4.69) is 0 Å². The number of aryl methyl sites for hydroxylation is 1. The summed E-state index contributed by atoms with van der Waals surface area (Å²) in [5, 5.41) is -0.300. The van der Waals surface area contributed by atoms with Gasteiger partial charge in [0.05, 0.1) is 23.6 Å². The minimum atomic E-state index is -0.374. The van der Waals surface area contributed by atoms with Gasteiger partial charge in [0, 0.05) is 11.6 Å². The Balaban J connectivity index is 1.49. The van der Waals surface area contributed by atoms with Gasteiger partial charge in [0.15, 0.2) is 0 Å². The van der Waals surface area contributed by atoms with Gasteiger partial charge in [0.2, 0.25) is 0 Å². The van der Waals surface area contributed by atoms with Crippen LogP contribution in [0.1, 0.15) is 34.2 Å². The second-order valence-corrected chi connectivity index (χ2v) is 8.19. The molecule has 162 valence electrons. The molecule has 1 aliphatic rings. The van der Waals surface area contributed by atoms with Gasteiger partial charge in [-0.1, -0.05) is 36.4 Å². The van der Waals surface area contributed by atoms with Crippen molar-refractivity contribution in [1.29, 1.82) is 0 Å². The third kappa shape index (κ3) is 4.53. The van der Waals surface area contributed by atoms with Gasteiger partial charge in [-0.25, -0.2) is 4.79 Å². The van der Waals surface area contributed by atoms with Crippen LogP contribution >= 0.6 is 11.8 Å². The molecule has 0 aliphatic carbocycles. The van der Waals surface area contributed by atoms with Crippen molar-refractivity contribution >= 4 is 35.0 Å². The van der Waals surface area contributed by atoms with E-state index in [0.29, 0.717) is 28.6 Å². The molecule has 1 aromatic heterocycles. The van der Waals surface area contributed by atoms with E-state index in [9.17, 15) is 14.4 Å². The molecule has 2 heterocycles. The van der Waals surface area contributed by atoms with Gasteiger partial charge in [-0.2, -0.15) is 0 Å². The highest BCUT2D eigenvalue weighted by molar-refractivity contribution is 8.18. The van der Waals surface area contributed by atoms with Crippen molar-refractivity contribution in [3.63, 3.8) is 0 Å². The van der Waals surface area contributed by atoms with E-state index in [1.807, 2.05) is 31.2 Å². The molecule has 7 heteroatoms. The zero-order valence-corrected chi connectivity index (χ0v) is 18.5. The van der Waals surface area contributed by atoms with E-state index < -0.39 is 0 Å². The second kappa shape index (κ2) is 9.28. The Morgan fingerprint density at radius 1 is 1.06 bits per heavy atom. The summed E-state index contributed by atoms with van der Waals surface area (Å²) in [4.78, 5) is 38.6. The summed E-state index contributed by atoms with van der Waals surface area (Å²) in [6.07, 6.45) is 1.58. The van der Waals surface area contributed by atoms with Crippen LogP contribution in [-0.2, 0) is 16.1 Å². The number of hydrogen-bond acceptors (Lipinski definition) is 6. The molecule has 0 saturated carbocycles. The van der Waals surface area contributed by atoms with Crippen LogP contribution in [-0.4, -0.2) is 28.6 Å². The molecular weight excluding hydrogens is 426 g/mol. The van der Waals surface area contributed by atoms with Crippen LogP contribution < -0.4 is 0 Å². The van der Waals surface area contributed by atoms with E-state index in [1.54, 1.807) is 49.4 Å². The fourth-order valence-electron chi connectivity index (χ4n) is 3.29. The average Bonchev–Trinajstić information content (AvgIpc) is 3.36. The minimum Gasteiger partial charge on any atom is -0.462 e. The van der Waals surface area contributed by atoms with Crippen LogP contribution in [0.15, 0.2) is 70.0 Å². The Morgan fingerprint density at radius 2 is 1.81 bits per heavy atom. The minimum absolute atomic E-state index is 0.241. The van der Waals surface area contributed by atoms with Crippen molar-refractivity contribution in [1.82, 2.24) is 4.90 Å². The van der Waals surface area contributed by atoms with Crippen molar-refractivity contribution in [2.24, 2.45) is 0 Å². The van der Waals surface area contributed by atoms with Gasteiger partial charge in [-0.3, -0.25) is 14.5 Å². The number of carbonyl (C=O) groups excluding carboxylic acids is 3. The molecule has 0 radical (unpaired) electrons. The van der Waals surface area contributed by atoms with Crippen LogP contribution in [0.3, 0.4) is 0 Å². The highest BCUT2D eigenvalue weighted by atomic mass is 32.2. The fourth-order valence-corrected chi connectivity index (χ4v) is 4.11. The number of benzene rings is 2. The van der Waals surface area contributed by atoms with Crippen molar-refractivity contribution in [3.8, 4) is 11.3 Å². The van der Waals surface area contributed by atoms with Crippen LogP contribution in [0, 0.1) is 6.92 Å². The molecule has 4 rings (SSSR count). The highest BCUT2D eigenvalue weighted by Gasteiger charge is 2.35. The van der Waals surface area contributed by atoms with Crippen molar-refractivity contribution < 1.29 is 23.5 Å². The first-order valence-corrected chi connectivity index (χ1v) is 10.9. The molecule has 1 saturated heterocycles. The maximum atomic E-state index is 12.8. The van der Waals surface area contributed by atoms with Crippen molar-refractivity contribution in [2.45, 2.75) is 20.4 Å². The molecule has 2 amide bonds. The summed E-state index contributed by atoms with van der Waals surface area (Å²) in [7, 11) is 0. The van der Waals surface area contributed by atoms with E-state index in [-0.39, 0.29) is 23.7 Å². The number of amides is 2. The van der Waals surface area contributed by atoms with Crippen molar-refractivity contribution in [2.75, 3.05) is 6.61 Å². The topological polar surface area (TPSA) is 76.8 Å². The van der Waals surface area contributed by atoms with Crippen molar-refractivity contribution in [3.05, 3.63) is 88.0 Å². The third-order valence-electron chi connectivity index (χ3n) is 5.04. The lowest BCUT2D eigenvalue weighted by Gasteiger charge is -2.14. The number of furan rings is 1. The lowest BCUT2D eigenvalue weighted by atomic mass is 10.1. The Morgan fingerprint density at radius 3 is 2.53 bits per heavy atom. The fraction of sp³-hybridized carbons (Fsp3) is 0.160. The predicted octanol–water partition coefficient (Wildman–Crippen LogP) is 5.67. The van der Waals surface area contributed by atoms with E-state index in [0.717, 1.165) is 28.5 Å². The summed E-state index contributed by atoms with van der Waals surface area (Å²) in [6, 6.07) is 18.1. The average molecular weight is 448 g/mol. The first-order chi connectivity index (χ1) is 15.5. The SMILES string of the molecule is CCOC(=O)c1ccc(-c2ccc(/C=C3\SC(=O)N(Cc4ccccc4C)C3=O)o2)cc1. The van der Waals surface area contributed by atoms with Gasteiger partial charge in [-0.15, -0.1) is 0 Å². The number of nitrogens with zero attached hydrogens (tertiary/aromatic N) is 1. The van der Waals surface area contributed by atoms with Crippen LogP contribution in [0.25, 0.3) is 17.4 Å². The summed E-state index contributed by atoms with van der Waals surface area (Å²) in [5.74, 6) is 0.349. The number of imide groups is 1. The van der Waals surface area contributed by atoms with Gasteiger partial charge in [0.1, 0.15) is 11.5 Å². The maximum absolute atomic E-state index is 12.8. The normalized spacial score (nSPS) is 14.9. The number of carbonyl (C=O) groups is 3. The first-order valence-electron chi connectivity index (χ1n) is 10.1. The zero-order chi connectivity index (χ0) is 22.7. The molecule has 0 atom stereocenters. The van der Waals surface area contributed by atoms with E-state index in [1.165, 1.54) is 4.90 Å². The Labute approximate surface area is 189 Å². The van der Waals surface area contributed by atoms with Gasteiger partial charge >= 0.3 is 5.97 Å². The molecule has 0 spiro atoms. The lowest BCUT2D eigenvalue weighted by Crippen LogP contribution is -2.27. The van der Waals surface area contributed by atoms with Crippen LogP contribution in [0.5, 0.6) is 0 Å². The quantitative estimate of drug-likeness (QED) is 0.358. The molecule has 2 aromatic carbocycles. The molecule has 1 aliphatic heterocycles. The molecule has 32 heavy (non-hydrogen) atoms. The predicted molar refractivity (Wildman–Crippen MR) is 123 cm³/mol. The number of hydrogen-bond donors (Lipinski definition) is 0. The monoisotopic (exact) mass is 447 g/mol. The summed E-state index contributed by atoms with van der Waals surface area (Å²) < 4.78 is 10.8. The van der Waals surface area contributed by atoms with E-state index >= 15 is 0 Å². The molecule has 0 N–H and O–H groups in total. The largest absolute Gasteiger partial charge is 0.462 e. The molecule has 0 bridgehead atoms. The summed E-state index contributed by atoms with van der Waals surface area (Å²) in [6.45, 7) is 4.27. The third-order valence-corrected chi connectivity index (χ3v) is 5.95. The Bertz CT molecular complexity index is 1210. The molecule has 6 nitrogen and oxygen atoms in total. The Hall–Kier alpha value is -3.58. The molecular formula is C25H21NO5S. The maximum Gasteiger partial charge on any atom is 0.338 e. The van der Waals surface area contributed by atoms with Crippen LogP contribution in [0.4, 0.5) is 4.79 Å². The second-order valence-electron chi connectivity index (χ2n) is 7.19. The first kappa shape index (κ1) is 21.6.